The fourth-order valence-corrected chi connectivity index (χ4v) is 12.1. The van der Waals surface area contributed by atoms with Gasteiger partial charge >= 0.3 is 0 Å². The molecule has 10 aromatic rings. The number of hydrogen-bond donors (Lipinski definition) is 0. The van der Waals surface area contributed by atoms with Crippen LogP contribution >= 0.6 is 0 Å². The van der Waals surface area contributed by atoms with Gasteiger partial charge in [0.15, 0.2) is 0 Å². The molecular formula is C58H45B. The molecule has 0 bridgehead atoms. The summed E-state index contributed by atoms with van der Waals surface area (Å²) in [6.07, 6.45) is 5.08. The Balaban J connectivity index is 1.19. The second-order valence-electron chi connectivity index (χ2n) is 17.9. The van der Waals surface area contributed by atoms with Crippen LogP contribution in [0.4, 0.5) is 0 Å². The lowest BCUT2D eigenvalue weighted by Gasteiger charge is -2.48. The zero-order chi connectivity index (χ0) is 39.3. The lowest BCUT2D eigenvalue weighted by molar-refractivity contribution is 0.243. The number of benzene rings is 10. The van der Waals surface area contributed by atoms with Gasteiger partial charge in [-0.2, -0.15) is 0 Å². The first-order valence-corrected chi connectivity index (χ1v) is 21.6. The van der Waals surface area contributed by atoms with Gasteiger partial charge < -0.3 is 0 Å². The van der Waals surface area contributed by atoms with Crippen LogP contribution in [0.3, 0.4) is 0 Å². The zero-order valence-corrected chi connectivity index (χ0v) is 33.8. The first-order chi connectivity index (χ1) is 29.0. The van der Waals surface area contributed by atoms with Crippen LogP contribution in [-0.2, 0) is 5.41 Å². The number of fused-ring (bicyclic) bond motifs is 4. The van der Waals surface area contributed by atoms with Crippen LogP contribution < -0.4 is 10.9 Å². The third kappa shape index (κ3) is 4.98. The van der Waals surface area contributed by atoms with Crippen LogP contribution in [-0.4, -0.2) is 6.71 Å². The van der Waals surface area contributed by atoms with Crippen LogP contribution in [0, 0.1) is 0 Å². The molecule has 1 heterocycles. The second kappa shape index (κ2) is 13.0. The van der Waals surface area contributed by atoms with Crippen molar-refractivity contribution in [3.63, 3.8) is 0 Å². The minimum Gasteiger partial charge on any atom is -0.0735 e. The van der Waals surface area contributed by atoms with E-state index in [1.54, 1.807) is 5.56 Å². The van der Waals surface area contributed by atoms with E-state index in [1.165, 1.54) is 124 Å². The van der Waals surface area contributed by atoms with E-state index in [-0.39, 0.29) is 10.7 Å². The van der Waals surface area contributed by atoms with Gasteiger partial charge in [-0.25, -0.2) is 0 Å². The summed E-state index contributed by atoms with van der Waals surface area (Å²) in [4.78, 5) is 0. The lowest BCUT2D eigenvalue weighted by atomic mass is 9.26. The highest BCUT2D eigenvalue weighted by Crippen LogP contribution is 2.62. The highest BCUT2D eigenvalue weighted by Gasteiger charge is 2.60. The van der Waals surface area contributed by atoms with E-state index < -0.39 is 0 Å². The van der Waals surface area contributed by atoms with Crippen molar-refractivity contribution in [1.82, 2.24) is 0 Å². The average molecular weight is 753 g/mol. The van der Waals surface area contributed by atoms with Gasteiger partial charge in [0.25, 0.3) is 0 Å². The molecular weight excluding hydrogens is 707 g/mol. The van der Waals surface area contributed by atoms with Crippen molar-refractivity contribution < 1.29 is 0 Å². The van der Waals surface area contributed by atoms with E-state index in [0.29, 0.717) is 6.71 Å². The van der Waals surface area contributed by atoms with E-state index in [0.717, 1.165) is 0 Å². The summed E-state index contributed by atoms with van der Waals surface area (Å²) in [6.45, 7) is 5.59. The normalized spacial score (nSPS) is 18.8. The SMILES string of the molecule is CC12CCCCC1(C)c1cc(-c3cc(-c4ccccc4)c4ccc5c(-c6cccc7ccccc67)cc(-c6ccccc6)c6ccc3c4c65)ccc1B2c1ccccc1. The highest BCUT2D eigenvalue weighted by molar-refractivity contribution is 6.89. The smallest absolute Gasteiger partial charge is 0.0735 e. The van der Waals surface area contributed by atoms with E-state index >= 15 is 0 Å². The summed E-state index contributed by atoms with van der Waals surface area (Å²) < 4.78 is 0. The van der Waals surface area contributed by atoms with E-state index in [2.05, 4.69) is 202 Å². The maximum Gasteiger partial charge on any atom is 0.216 e. The van der Waals surface area contributed by atoms with Crippen molar-refractivity contribution >= 4 is 60.7 Å². The minimum atomic E-state index is 0.0983. The third-order valence-corrected chi connectivity index (χ3v) is 15.1. The van der Waals surface area contributed by atoms with Gasteiger partial charge in [-0.05, 0) is 122 Å². The van der Waals surface area contributed by atoms with Crippen LogP contribution in [0.15, 0.2) is 188 Å². The van der Waals surface area contributed by atoms with Crippen molar-refractivity contribution in [3.05, 3.63) is 194 Å². The standard InChI is InChI=1S/C58H45B/c1-57-33-14-15-34-58(57,2)59(42-23-10-5-11-24-42)54-32-27-41(35-53(54)57)51-36-49(39-17-6-3-7-18-39)45-30-31-48-52(44-26-16-22-38-21-12-13-25-43(38)44)37-50(40-19-8-4-9-20-40)46-28-29-47(51)55(45)56(46)48/h3-13,16-32,35-37H,14-15,33-34H2,1-2H3. The topological polar surface area (TPSA) is 0 Å². The quantitative estimate of drug-likeness (QED) is 0.121. The van der Waals surface area contributed by atoms with Gasteiger partial charge in [-0.15, -0.1) is 0 Å². The van der Waals surface area contributed by atoms with Crippen molar-refractivity contribution in [2.75, 3.05) is 0 Å². The maximum atomic E-state index is 2.62. The van der Waals surface area contributed by atoms with Crippen LogP contribution in [0.25, 0.3) is 87.6 Å². The molecule has 1 fully saturated rings. The highest BCUT2D eigenvalue weighted by atomic mass is 14.5. The van der Waals surface area contributed by atoms with Gasteiger partial charge in [0.1, 0.15) is 0 Å². The molecule has 1 saturated carbocycles. The Morgan fingerprint density at radius 3 is 1.58 bits per heavy atom. The lowest BCUT2D eigenvalue weighted by Crippen LogP contribution is -2.51. The van der Waals surface area contributed by atoms with Crippen molar-refractivity contribution in [2.24, 2.45) is 0 Å². The summed E-state index contributed by atoms with van der Waals surface area (Å²) in [6, 6.07) is 71.3. The molecule has 59 heavy (non-hydrogen) atoms. The molecule has 12 rings (SSSR count). The van der Waals surface area contributed by atoms with Gasteiger partial charge in [0.05, 0.1) is 0 Å². The monoisotopic (exact) mass is 752 g/mol. The van der Waals surface area contributed by atoms with Gasteiger partial charge in [0.2, 0.25) is 6.71 Å². The Hall–Kier alpha value is -6.44. The molecule has 280 valence electrons. The van der Waals surface area contributed by atoms with Gasteiger partial charge in [-0.1, -0.05) is 220 Å². The van der Waals surface area contributed by atoms with Crippen molar-refractivity contribution in [1.29, 1.82) is 0 Å². The minimum absolute atomic E-state index is 0.0983. The molecule has 1 aliphatic carbocycles. The largest absolute Gasteiger partial charge is 0.216 e. The summed E-state index contributed by atoms with van der Waals surface area (Å²) >= 11 is 0. The Kier molecular flexibility index (Phi) is 7.64. The zero-order valence-electron chi connectivity index (χ0n) is 33.8. The fraction of sp³-hybridized carbons (Fsp3) is 0.138. The number of hydrogen-bond acceptors (Lipinski definition) is 0. The Bertz CT molecular complexity index is 3230. The molecule has 1 heteroatoms. The fourth-order valence-electron chi connectivity index (χ4n) is 12.1. The second-order valence-corrected chi connectivity index (χ2v) is 17.9. The Labute approximate surface area is 347 Å². The van der Waals surface area contributed by atoms with E-state index in [1.807, 2.05) is 0 Å². The first-order valence-electron chi connectivity index (χ1n) is 21.6. The van der Waals surface area contributed by atoms with Crippen LogP contribution in [0.1, 0.15) is 45.1 Å². The average Bonchev–Trinajstić information content (AvgIpc) is 3.51. The van der Waals surface area contributed by atoms with Crippen molar-refractivity contribution in [2.45, 2.75) is 50.3 Å². The van der Waals surface area contributed by atoms with E-state index in [4.69, 9.17) is 0 Å². The molecule has 0 amide bonds. The molecule has 1 aliphatic heterocycles. The van der Waals surface area contributed by atoms with E-state index in [9.17, 15) is 0 Å². The van der Waals surface area contributed by atoms with Crippen molar-refractivity contribution in [3.8, 4) is 44.5 Å². The molecule has 0 aromatic heterocycles. The predicted molar refractivity (Wildman–Crippen MR) is 255 cm³/mol. The van der Waals surface area contributed by atoms with Crippen LogP contribution in [0.5, 0.6) is 0 Å². The van der Waals surface area contributed by atoms with Gasteiger partial charge in [0, 0.05) is 0 Å². The van der Waals surface area contributed by atoms with Crippen LogP contribution in [0.2, 0.25) is 5.31 Å². The number of rotatable bonds is 5. The summed E-state index contributed by atoms with van der Waals surface area (Å²) in [5.41, 5.74) is 14.9. The summed E-state index contributed by atoms with van der Waals surface area (Å²) in [5.74, 6) is 0. The van der Waals surface area contributed by atoms with Gasteiger partial charge in [-0.3, -0.25) is 0 Å². The predicted octanol–water partition coefficient (Wildman–Crippen LogP) is 14.6. The molecule has 0 spiro atoms. The molecule has 0 saturated heterocycles. The summed E-state index contributed by atoms with van der Waals surface area (Å²) in [5, 5.41) is 10.6. The Morgan fingerprint density at radius 2 is 0.915 bits per heavy atom. The molecule has 2 unspecified atom stereocenters. The molecule has 0 N–H and O–H groups in total. The molecule has 0 radical (unpaired) electrons. The Morgan fingerprint density at radius 1 is 0.390 bits per heavy atom. The third-order valence-electron chi connectivity index (χ3n) is 15.1. The first kappa shape index (κ1) is 34.6. The molecule has 2 atom stereocenters. The molecule has 2 aliphatic rings. The molecule has 10 aromatic carbocycles. The maximum absolute atomic E-state index is 2.62. The summed E-state index contributed by atoms with van der Waals surface area (Å²) in [7, 11) is 0. The molecule has 0 nitrogen and oxygen atoms in total.